The van der Waals surface area contributed by atoms with E-state index < -0.39 is 0 Å². The molecule has 0 fully saturated rings. The monoisotopic (exact) mass is 328 g/mol. The molecule has 0 aliphatic rings. The maximum Gasteiger partial charge on any atom is 0.227 e. The molecule has 0 radical (unpaired) electrons. The summed E-state index contributed by atoms with van der Waals surface area (Å²) >= 11 is 0. The molecule has 1 aromatic carbocycles. The predicted molar refractivity (Wildman–Crippen MR) is 97.1 cm³/mol. The van der Waals surface area contributed by atoms with E-state index in [2.05, 4.69) is 20.3 Å². The fraction of sp³-hybridized carbons (Fsp3) is 0.333. The molecular formula is C18H24N4O2. The predicted octanol–water partition coefficient (Wildman–Crippen LogP) is 4.06. The Morgan fingerprint density at radius 1 is 1.12 bits per heavy atom. The number of anilines is 2. The minimum absolute atomic E-state index is 0.538. The first-order valence-corrected chi connectivity index (χ1v) is 8.06. The summed E-state index contributed by atoms with van der Waals surface area (Å²) in [5.74, 6) is 1.38. The van der Waals surface area contributed by atoms with Gasteiger partial charge in [0.15, 0.2) is 0 Å². The second-order valence-corrected chi connectivity index (χ2v) is 4.92. The second-order valence-electron chi connectivity index (χ2n) is 4.92. The summed E-state index contributed by atoms with van der Waals surface area (Å²) in [6.07, 6.45) is 3.70. The maximum atomic E-state index is 5.53. The van der Waals surface area contributed by atoms with Gasteiger partial charge in [0.1, 0.15) is 12.4 Å². The Labute approximate surface area is 142 Å². The highest BCUT2D eigenvalue weighted by atomic mass is 16.5. The van der Waals surface area contributed by atoms with Crippen molar-refractivity contribution in [2.75, 3.05) is 25.6 Å². The first-order valence-electron chi connectivity index (χ1n) is 8.06. The number of methoxy groups -OCH3 is 1. The summed E-state index contributed by atoms with van der Waals surface area (Å²) in [4.78, 5) is 11.9. The van der Waals surface area contributed by atoms with Gasteiger partial charge in [-0.05, 0) is 36.8 Å². The molecule has 0 saturated heterocycles. The van der Waals surface area contributed by atoms with Crippen LogP contribution in [-0.4, -0.2) is 35.3 Å². The second kappa shape index (κ2) is 8.88. The fourth-order valence-corrected chi connectivity index (χ4v) is 2.11. The Morgan fingerprint density at radius 3 is 2.58 bits per heavy atom. The van der Waals surface area contributed by atoms with Gasteiger partial charge < -0.3 is 19.8 Å². The number of hydrogen-bond acceptors (Lipinski definition) is 5. The molecule has 0 saturated carbocycles. The van der Waals surface area contributed by atoms with Crippen molar-refractivity contribution < 1.29 is 9.47 Å². The molecule has 6 heteroatoms. The molecular weight excluding hydrogens is 304 g/mol. The van der Waals surface area contributed by atoms with Crippen LogP contribution in [0.25, 0.3) is 11.0 Å². The SMILES string of the molecule is CC.COCCOc1ccc(Nc2ncc3[nH]cc(C)c3n2)cc1. The largest absolute Gasteiger partial charge is 0.491 e. The molecule has 0 atom stereocenters. The molecule has 24 heavy (non-hydrogen) atoms. The third kappa shape index (κ3) is 4.45. The van der Waals surface area contributed by atoms with Crippen LogP contribution < -0.4 is 10.1 Å². The average Bonchev–Trinajstić information content (AvgIpc) is 2.99. The van der Waals surface area contributed by atoms with Crippen LogP contribution in [0.15, 0.2) is 36.7 Å². The van der Waals surface area contributed by atoms with Gasteiger partial charge in [-0.25, -0.2) is 9.97 Å². The number of aryl methyl sites for hydroxylation is 1. The van der Waals surface area contributed by atoms with Crippen molar-refractivity contribution in [1.29, 1.82) is 0 Å². The Balaban J connectivity index is 0.00000100. The smallest absolute Gasteiger partial charge is 0.227 e. The zero-order valence-corrected chi connectivity index (χ0v) is 14.6. The molecule has 0 aliphatic carbocycles. The number of aromatic amines is 1. The van der Waals surface area contributed by atoms with Crippen molar-refractivity contribution in [1.82, 2.24) is 15.0 Å². The molecule has 0 amide bonds. The van der Waals surface area contributed by atoms with Crippen LogP contribution in [0.3, 0.4) is 0 Å². The van der Waals surface area contributed by atoms with Gasteiger partial charge in [-0.3, -0.25) is 0 Å². The number of rotatable bonds is 6. The summed E-state index contributed by atoms with van der Waals surface area (Å²) in [6.45, 7) is 7.13. The van der Waals surface area contributed by atoms with Crippen LogP contribution in [0.1, 0.15) is 19.4 Å². The van der Waals surface area contributed by atoms with E-state index in [0.717, 1.165) is 28.0 Å². The molecule has 3 rings (SSSR count). The number of benzene rings is 1. The highest BCUT2D eigenvalue weighted by molar-refractivity contribution is 5.79. The fourth-order valence-electron chi connectivity index (χ4n) is 2.11. The molecule has 2 N–H and O–H groups in total. The topological polar surface area (TPSA) is 72.1 Å². The lowest BCUT2D eigenvalue weighted by molar-refractivity contribution is 0.146. The number of aromatic nitrogens is 3. The Hall–Kier alpha value is -2.60. The molecule has 2 aromatic heterocycles. The summed E-state index contributed by atoms with van der Waals surface area (Å²) in [7, 11) is 1.65. The lowest BCUT2D eigenvalue weighted by Gasteiger charge is -2.08. The van der Waals surface area contributed by atoms with Crippen molar-refractivity contribution in [3.63, 3.8) is 0 Å². The van der Waals surface area contributed by atoms with E-state index in [0.29, 0.717) is 19.2 Å². The van der Waals surface area contributed by atoms with E-state index in [4.69, 9.17) is 9.47 Å². The number of nitrogens with zero attached hydrogens (tertiary/aromatic N) is 2. The van der Waals surface area contributed by atoms with E-state index in [1.165, 1.54) is 0 Å². The first kappa shape index (κ1) is 17.7. The van der Waals surface area contributed by atoms with Crippen LogP contribution in [0.2, 0.25) is 0 Å². The highest BCUT2D eigenvalue weighted by Gasteiger charge is 2.04. The average molecular weight is 328 g/mol. The lowest BCUT2D eigenvalue weighted by Crippen LogP contribution is -2.04. The van der Waals surface area contributed by atoms with E-state index in [-0.39, 0.29) is 0 Å². The molecule has 0 bridgehead atoms. The van der Waals surface area contributed by atoms with Crippen LogP contribution in [0, 0.1) is 6.92 Å². The number of nitrogens with one attached hydrogen (secondary N) is 2. The molecule has 0 aliphatic heterocycles. The summed E-state index contributed by atoms with van der Waals surface area (Å²) in [5, 5.41) is 3.19. The molecule has 3 aromatic rings. The van der Waals surface area contributed by atoms with Gasteiger partial charge in [-0.2, -0.15) is 0 Å². The van der Waals surface area contributed by atoms with Gasteiger partial charge in [-0.15, -0.1) is 0 Å². The van der Waals surface area contributed by atoms with Gasteiger partial charge in [0.2, 0.25) is 5.95 Å². The zero-order chi connectivity index (χ0) is 17.4. The Kier molecular flexibility index (Phi) is 6.57. The van der Waals surface area contributed by atoms with E-state index in [9.17, 15) is 0 Å². The van der Waals surface area contributed by atoms with E-state index in [1.807, 2.05) is 51.2 Å². The Bertz CT molecular complexity index is 753. The summed E-state index contributed by atoms with van der Waals surface area (Å²) in [6, 6.07) is 7.66. The lowest BCUT2D eigenvalue weighted by atomic mass is 10.3. The maximum absolute atomic E-state index is 5.53. The van der Waals surface area contributed by atoms with Crippen molar-refractivity contribution in [2.24, 2.45) is 0 Å². The highest BCUT2D eigenvalue weighted by Crippen LogP contribution is 2.20. The number of ether oxygens (including phenoxy) is 2. The standard InChI is InChI=1S/C16H18N4O2.C2H6/c1-11-9-17-14-10-18-16(20-15(11)14)19-12-3-5-13(6-4-12)22-8-7-21-2;1-2/h3-6,9-10,17H,7-8H2,1-2H3,(H,18,19,20);1-2H3. The summed E-state index contributed by atoms with van der Waals surface area (Å²) in [5.41, 5.74) is 3.87. The summed E-state index contributed by atoms with van der Waals surface area (Å²) < 4.78 is 10.5. The van der Waals surface area contributed by atoms with Crippen LogP contribution in [0.5, 0.6) is 5.75 Å². The minimum Gasteiger partial charge on any atom is -0.491 e. The van der Waals surface area contributed by atoms with Crippen molar-refractivity contribution >= 4 is 22.7 Å². The normalized spacial score (nSPS) is 10.2. The number of H-pyrrole nitrogens is 1. The number of hydrogen-bond donors (Lipinski definition) is 2. The van der Waals surface area contributed by atoms with Crippen LogP contribution in [0.4, 0.5) is 11.6 Å². The van der Waals surface area contributed by atoms with Gasteiger partial charge in [0, 0.05) is 19.0 Å². The van der Waals surface area contributed by atoms with Crippen molar-refractivity contribution in [3.05, 3.63) is 42.2 Å². The molecule has 2 heterocycles. The van der Waals surface area contributed by atoms with Crippen molar-refractivity contribution in [3.8, 4) is 5.75 Å². The molecule has 0 spiro atoms. The van der Waals surface area contributed by atoms with E-state index in [1.54, 1.807) is 13.3 Å². The minimum atomic E-state index is 0.538. The van der Waals surface area contributed by atoms with Gasteiger partial charge in [0.05, 0.1) is 23.8 Å². The third-order valence-electron chi connectivity index (χ3n) is 3.27. The van der Waals surface area contributed by atoms with Gasteiger partial charge >= 0.3 is 0 Å². The number of fused-ring (bicyclic) bond motifs is 1. The van der Waals surface area contributed by atoms with Gasteiger partial charge in [-0.1, -0.05) is 13.8 Å². The molecule has 6 nitrogen and oxygen atoms in total. The zero-order valence-electron chi connectivity index (χ0n) is 14.6. The molecule has 0 unspecified atom stereocenters. The van der Waals surface area contributed by atoms with Crippen LogP contribution >= 0.6 is 0 Å². The first-order chi connectivity index (χ1) is 11.8. The Morgan fingerprint density at radius 2 is 1.88 bits per heavy atom. The molecule has 128 valence electrons. The van der Waals surface area contributed by atoms with E-state index >= 15 is 0 Å². The quantitative estimate of drug-likeness (QED) is 0.668. The van der Waals surface area contributed by atoms with Gasteiger partial charge in [0.25, 0.3) is 0 Å². The third-order valence-corrected chi connectivity index (χ3v) is 3.27. The van der Waals surface area contributed by atoms with Crippen molar-refractivity contribution in [2.45, 2.75) is 20.8 Å². The van der Waals surface area contributed by atoms with Crippen LogP contribution in [-0.2, 0) is 4.74 Å².